The molecule has 2 heterocycles. The van der Waals surface area contributed by atoms with Crippen LogP contribution < -0.4 is 10.2 Å². The van der Waals surface area contributed by atoms with Crippen LogP contribution in [0.25, 0.3) is 0 Å². The zero-order valence-corrected chi connectivity index (χ0v) is 12.5. The van der Waals surface area contributed by atoms with Gasteiger partial charge in [0.15, 0.2) is 23.3 Å². The molecule has 0 spiro atoms. The summed E-state index contributed by atoms with van der Waals surface area (Å²) in [4.78, 5) is 6.33. The average molecular weight is 295 g/mol. The third kappa shape index (κ3) is 2.83. The SMILES string of the molecule is CCNc1nc(N2CCCC3CCCCC32)c(F)cc1F. The predicted molar refractivity (Wildman–Crippen MR) is 80.6 cm³/mol. The molecule has 0 amide bonds. The number of halogens is 2. The van der Waals surface area contributed by atoms with Crippen molar-refractivity contribution in [2.24, 2.45) is 5.92 Å². The molecule has 116 valence electrons. The van der Waals surface area contributed by atoms with E-state index in [9.17, 15) is 8.78 Å². The van der Waals surface area contributed by atoms with Crippen molar-refractivity contribution in [3.63, 3.8) is 0 Å². The van der Waals surface area contributed by atoms with E-state index in [0.29, 0.717) is 24.3 Å². The zero-order chi connectivity index (χ0) is 14.8. The van der Waals surface area contributed by atoms with E-state index in [2.05, 4.69) is 15.2 Å². The van der Waals surface area contributed by atoms with Crippen molar-refractivity contribution in [1.82, 2.24) is 4.98 Å². The lowest BCUT2D eigenvalue weighted by atomic mass is 9.78. The van der Waals surface area contributed by atoms with Gasteiger partial charge in [-0.2, -0.15) is 0 Å². The van der Waals surface area contributed by atoms with E-state index in [1.165, 1.54) is 25.7 Å². The normalized spacial score (nSPS) is 25.6. The van der Waals surface area contributed by atoms with Gasteiger partial charge in [0, 0.05) is 25.2 Å². The average Bonchev–Trinajstić information content (AvgIpc) is 2.50. The Morgan fingerprint density at radius 1 is 1.19 bits per heavy atom. The molecule has 2 fully saturated rings. The summed E-state index contributed by atoms with van der Waals surface area (Å²) in [6.07, 6.45) is 7.08. The third-order valence-corrected chi connectivity index (χ3v) is 4.77. The first kappa shape index (κ1) is 14.5. The van der Waals surface area contributed by atoms with Crippen LogP contribution in [0.1, 0.15) is 45.4 Å². The maximum atomic E-state index is 14.2. The fourth-order valence-electron chi connectivity index (χ4n) is 3.84. The number of pyridine rings is 1. The molecule has 1 N–H and O–H groups in total. The summed E-state index contributed by atoms with van der Waals surface area (Å²) in [7, 11) is 0. The van der Waals surface area contributed by atoms with Crippen LogP contribution in [0, 0.1) is 17.6 Å². The van der Waals surface area contributed by atoms with Crippen molar-refractivity contribution in [2.75, 3.05) is 23.3 Å². The minimum absolute atomic E-state index is 0.159. The van der Waals surface area contributed by atoms with E-state index in [4.69, 9.17) is 0 Å². The Balaban J connectivity index is 1.92. The van der Waals surface area contributed by atoms with Gasteiger partial charge in [0.25, 0.3) is 0 Å². The molecule has 1 saturated carbocycles. The molecular formula is C16H23F2N3. The first-order chi connectivity index (χ1) is 10.2. The molecule has 0 aromatic carbocycles. The van der Waals surface area contributed by atoms with Crippen LogP contribution in [0.2, 0.25) is 0 Å². The highest BCUT2D eigenvalue weighted by atomic mass is 19.1. The number of fused-ring (bicyclic) bond motifs is 1. The second-order valence-electron chi connectivity index (χ2n) is 6.10. The molecule has 3 nitrogen and oxygen atoms in total. The predicted octanol–water partition coefficient (Wildman–Crippen LogP) is 3.95. The van der Waals surface area contributed by atoms with Gasteiger partial charge in [-0.3, -0.25) is 0 Å². The minimum Gasteiger partial charge on any atom is -0.368 e. The molecule has 3 rings (SSSR count). The molecule has 0 bridgehead atoms. The van der Waals surface area contributed by atoms with Gasteiger partial charge in [0.05, 0.1) is 0 Å². The van der Waals surface area contributed by atoms with Crippen molar-refractivity contribution in [2.45, 2.75) is 51.5 Å². The first-order valence-corrected chi connectivity index (χ1v) is 8.07. The monoisotopic (exact) mass is 295 g/mol. The van der Waals surface area contributed by atoms with Gasteiger partial charge in [0.2, 0.25) is 0 Å². The van der Waals surface area contributed by atoms with Crippen LogP contribution in [-0.2, 0) is 0 Å². The lowest BCUT2D eigenvalue weighted by molar-refractivity contribution is 0.241. The molecule has 5 heteroatoms. The summed E-state index contributed by atoms with van der Waals surface area (Å²) in [5.74, 6) is -0.0344. The van der Waals surface area contributed by atoms with Gasteiger partial charge in [-0.15, -0.1) is 0 Å². The van der Waals surface area contributed by atoms with Crippen molar-refractivity contribution in [3.05, 3.63) is 17.7 Å². The van der Waals surface area contributed by atoms with E-state index >= 15 is 0 Å². The van der Waals surface area contributed by atoms with E-state index in [0.717, 1.165) is 25.5 Å². The van der Waals surface area contributed by atoms with Crippen molar-refractivity contribution in [1.29, 1.82) is 0 Å². The van der Waals surface area contributed by atoms with Crippen LogP contribution in [0.4, 0.5) is 20.4 Å². The van der Waals surface area contributed by atoms with Gasteiger partial charge in [-0.1, -0.05) is 12.8 Å². The largest absolute Gasteiger partial charge is 0.368 e. The molecule has 1 aromatic heterocycles. The highest BCUT2D eigenvalue weighted by Crippen LogP contribution is 2.38. The molecule has 1 aliphatic heterocycles. The Hall–Kier alpha value is -1.39. The number of nitrogens with one attached hydrogen (secondary N) is 1. The number of hydrogen-bond donors (Lipinski definition) is 1. The van der Waals surface area contributed by atoms with Crippen molar-refractivity contribution >= 4 is 11.6 Å². The highest BCUT2D eigenvalue weighted by molar-refractivity contribution is 5.50. The Labute approximate surface area is 124 Å². The van der Waals surface area contributed by atoms with Crippen LogP contribution >= 0.6 is 0 Å². The minimum atomic E-state index is -0.615. The number of piperidine rings is 1. The maximum absolute atomic E-state index is 14.2. The quantitative estimate of drug-likeness (QED) is 0.915. The number of nitrogens with zero attached hydrogens (tertiary/aromatic N) is 2. The second kappa shape index (κ2) is 6.16. The van der Waals surface area contributed by atoms with Crippen LogP contribution in [0.15, 0.2) is 6.07 Å². The van der Waals surface area contributed by atoms with Crippen molar-refractivity contribution < 1.29 is 8.78 Å². The number of rotatable bonds is 3. The second-order valence-corrected chi connectivity index (χ2v) is 6.10. The Bertz CT molecular complexity index is 505. The summed E-state index contributed by atoms with van der Waals surface area (Å²) >= 11 is 0. The van der Waals surface area contributed by atoms with E-state index < -0.39 is 11.6 Å². The third-order valence-electron chi connectivity index (χ3n) is 4.77. The zero-order valence-electron chi connectivity index (χ0n) is 12.5. The number of aromatic nitrogens is 1. The Kier molecular flexibility index (Phi) is 4.27. The van der Waals surface area contributed by atoms with E-state index in [1.807, 2.05) is 6.92 Å². The van der Waals surface area contributed by atoms with Gasteiger partial charge in [-0.05, 0) is 38.5 Å². The smallest absolute Gasteiger partial charge is 0.168 e. The molecule has 2 aliphatic rings. The summed E-state index contributed by atoms with van der Waals surface area (Å²) in [5, 5.41) is 2.88. The maximum Gasteiger partial charge on any atom is 0.168 e. The van der Waals surface area contributed by atoms with Gasteiger partial charge < -0.3 is 10.2 Å². The summed E-state index contributed by atoms with van der Waals surface area (Å²) < 4.78 is 28.0. The molecule has 2 atom stereocenters. The molecule has 1 aliphatic carbocycles. The van der Waals surface area contributed by atoms with Gasteiger partial charge in [-0.25, -0.2) is 13.8 Å². The fourth-order valence-corrected chi connectivity index (χ4v) is 3.84. The lowest BCUT2D eigenvalue weighted by Gasteiger charge is -2.44. The van der Waals surface area contributed by atoms with Gasteiger partial charge >= 0.3 is 0 Å². The van der Waals surface area contributed by atoms with Crippen LogP contribution in [0.5, 0.6) is 0 Å². The molecule has 1 saturated heterocycles. The number of hydrogen-bond acceptors (Lipinski definition) is 3. The summed E-state index contributed by atoms with van der Waals surface area (Å²) in [6, 6.07) is 1.33. The summed E-state index contributed by atoms with van der Waals surface area (Å²) in [5.41, 5.74) is 0. The van der Waals surface area contributed by atoms with E-state index in [1.54, 1.807) is 0 Å². The lowest BCUT2D eigenvalue weighted by Crippen LogP contribution is -2.47. The number of anilines is 2. The highest BCUT2D eigenvalue weighted by Gasteiger charge is 2.35. The fraction of sp³-hybridized carbons (Fsp3) is 0.688. The van der Waals surface area contributed by atoms with Crippen LogP contribution in [-0.4, -0.2) is 24.1 Å². The first-order valence-electron chi connectivity index (χ1n) is 8.07. The van der Waals surface area contributed by atoms with Crippen LogP contribution in [0.3, 0.4) is 0 Å². The Morgan fingerprint density at radius 3 is 2.76 bits per heavy atom. The molecule has 21 heavy (non-hydrogen) atoms. The molecular weight excluding hydrogens is 272 g/mol. The Morgan fingerprint density at radius 2 is 1.95 bits per heavy atom. The standard InChI is InChI=1S/C16H23F2N3/c1-2-19-15-12(17)10-13(18)16(20-15)21-9-5-7-11-6-3-4-8-14(11)21/h10-11,14H,2-9H2,1H3,(H,19,20). The molecule has 0 radical (unpaired) electrons. The van der Waals surface area contributed by atoms with Gasteiger partial charge in [0.1, 0.15) is 0 Å². The van der Waals surface area contributed by atoms with Crippen molar-refractivity contribution in [3.8, 4) is 0 Å². The topological polar surface area (TPSA) is 28.2 Å². The summed E-state index contributed by atoms with van der Waals surface area (Å²) in [6.45, 7) is 3.27. The molecule has 2 unspecified atom stereocenters. The van der Waals surface area contributed by atoms with E-state index in [-0.39, 0.29) is 5.82 Å². The molecule has 1 aromatic rings.